The van der Waals surface area contributed by atoms with Crippen LogP contribution in [0.2, 0.25) is 10.0 Å². The summed E-state index contributed by atoms with van der Waals surface area (Å²) in [4.78, 5) is 25.4. The summed E-state index contributed by atoms with van der Waals surface area (Å²) in [7, 11) is -1.58. The largest absolute Gasteiger partial charge is 0.341 e. The molecule has 126 valence electrons. The molecule has 0 saturated carbocycles. The summed E-state index contributed by atoms with van der Waals surface area (Å²) in [6.07, 6.45) is 0.00219. The summed E-state index contributed by atoms with van der Waals surface area (Å²) in [6.45, 7) is 0. The lowest BCUT2D eigenvalue weighted by Gasteiger charge is -2.23. The van der Waals surface area contributed by atoms with Gasteiger partial charge in [-0.2, -0.15) is 0 Å². The standard InChI is InChI=1S/C14H16Cl2N2O4S/c1-18(9-5-6-23(21,22)8-9)13(20)7-12(19)17-11-4-2-3-10(15)14(11)16/h2-4,9H,5-8H2,1H3,(H,17,19). The molecule has 1 unspecified atom stereocenters. The number of hydrogen-bond donors (Lipinski definition) is 1. The maximum absolute atomic E-state index is 12.1. The Morgan fingerprint density at radius 3 is 2.65 bits per heavy atom. The lowest BCUT2D eigenvalue weighted by atomic mass is 10.2. The van der Waals surface area contributed by atoms with Crippen LogP contribution >= 0.6 is 23.2 Å². The van der Waals surface area contributed by atoms with Crippen molar-refractivity contribution < 1.29 is 18.0 Å². The molecule has 1 aromatic carbocycles. The molecule has 1 atom stereocenters. The van der Waals surface area contributed by atoms with Gasteiger partial charge in [-0.25, -0.2) is 8.42 Å². The monoisotopic (exact) mass is 378 g/mol. The van der Waals surface area contributed by atoms with E-state index in [-0.39, 0.29) is 22.6 Å². The van der Waals surface area contributed by atoms with Crippen LogP contribution < -0.4 is 5.32 Å². The first-order valence-electron chi connectivity index (χ1n) is 6.89. The van der Waals surface area contributed by atoms with E-state index in [4.69, 9.17) is 23.2 Å². The Hall–Kier alpha value is -1.31. The van der Waals surface area contributed by atoms with Crippen LogP contribution in [0.25, 0.3) is 0 Å². The Kier molecular flexibility index (Phi) is 5.54. The number of amides is 2. The van der Waals surface area contributed by atoms with Crippen molar-refractivity contribution in [3.05, 3.63) is 28.2 Å². The van der Waals surface area contributed by atoms with Crippen molar-refractivity contribution in [2.24, 2.45) is 0 Å². The third kappa shape index (κ3) is 4.59. The first-order chi connectivity index (χ1) is 10.7. The van der Waals surface area contributed by atoms with E-state index >= 15 is 0 Å². The molecule has 23 heavy (non-hydrogen) atoms. The highest BCUT2D eigenvalue weighted by Crippen LogP contribution is 2.29. The van der Waals surface area contributed by atoms with Crippen molar-refractivity contribution in [1.29, 1.82) is 0 Å². The Labute approximate surface area is 144 Å². The van der Waals surface area contributed by atoms with E-state index in [2.05, 4.69) is 5.32 Å². The number of carbonyl (C=O) groups excluding carboxylic acids is 2. The highest BCUT2D eigenvalue weighted by atomic mass is 35.5. The van der Waals surface area contributed by atoms with Crippen molar-refractivity contribution in [3.63, 3.8) is 0 Å². The number of hydrogen-bond acceptors (Lipinski definition) is 4. The molecule has 9 heteroatoms. The van der Waals surface area contributed by atoms with Gasteiger partial charge in [0.25, 0.3) is 0 Å². The summed E-state index contributed by atoms with van der Waals surface area (Å²) in [6, 6.07) is 4.40. The first-order valence-corrected chi connectivity index (χ1v) is 9.47. The highest BCUT2D eigenvalue weighted by Gasteiger charge is 2.33. The quantitative estimate of drug-likeness (QED) is 0.811. The second kappa shape index (κ2) is 7.07. The molecule has 1 aliphatic rings. The summed E-state index contributed by atoms with van der Waals surface area (Å²) >= 11 is 11.8. The predicted octanol–water partition coefficient (Wildman–Crippen LogP) is 1.97. The normalized spacial score (nSPS) is 19.3. The van der Waals surface area contributed by atoms with Gasteiger partial charge < -0.3 is 10.2 Å². The molecule has 1 aromatic rings. The van der Waals surface area contributed by atoms with Crippen molar-refractivity contribution in [1.82, 2.24) is 4.90 Å². The number of nitrogens with zero attached hydrogens (tertiary/aromatic N) is 1. The lowest BCUT2D eigenvalue weighted by molar-refractivity contribution is -0.134. The molecule has 6 nitrogen and oxygen atoms in total. The average Bonchev–Trinajstić information content (AvgIpc) is 2.83. The third-order valence-electron chi connectivity index (χ3n) is 3.69. The number of carbonyl (C=O) groups is 2. The Balaban J connectivity index is 1.95. The molecule has 1 fully saturated rings. The molecule has 0 bridgehead atoms. The van der Waals surface area contributed by atoms with E-state index in [0.29, 0.717) is 17.1 Å². The van der Waals surface area contributed by atoms with E-state index in [0.717, 1.165) is 0 Å². The van der Waals surface area contributed by atoms with Crippen LogP contribution in [0.1, 0.15) is 12.8 Å². The van der Waals surface area contributed by atoms with Crippen molar-refractivity contribution >= 4 is 50.5 Å². The van der Waals surface area contributed by atoms with Crippen LogP contribution in [-0.4, -0.2) is 49.7 Å². The Morgan fingerprint density at radius 2 is 2.04 bits per heavy atom. The van der Waals surface area contributed by atoms with Crippen LogP contribution in [0.5, 0.6) is 0 Å². The topological polar surface area (TPSA) is 83.6 Å². The fourth-order valence-electron chi connectivity index (χ4n) is 2.34. The summed E-state index contributed by atoms with van der Waals surface area (Å²) in [5.41, 5.74) is 0.322. The number of benzene rings is 1. The SMILES string of the molecule is CN(C(=O)CC(=O)Nc1cccc(Cl)c1Cl)C1CCS(=O)(=O)C1. The molecular formula is C14H16Cl2N2O4S. The summed E-state index contributed by atoms with van der Waals surface area (Å²) in [5, 5.41) is 3.02. The molecule has 1 heterocycles. The zero-order valence-electron chi connectivity index (χ0n) is 12.4. The second-order valence-corrected chi connectivity index (χ2v) is 8.40. The number of halogens is 2. The van der Waals surface area contributed by atoms with E-state index in [1.165, 1.54) is 11.9 Å². The van der Waals surface area contributed by atoms with Gasteiger partial charge in [0.2, 0.25) is 11.8 Å². The van der Waals surface area contributed by atoms with Crippen LogP contribution in [0, 0.1) is 0 Å². The van der Waals surface area contributed by atoms with Crippen LogP contribution in [0.4, 0.5) is 5.69 Å². The highest BCUT2D eigenvalue weighted by molar-refractivity contribution is 7.91. The van der Waals surface area contributed by atoms with E-state index in [1.54, 1.807) is 18.2 Å². The van der Waals surface area contributed by atoms with Crippen LogP contribution in [0.3, 0.4) is 0 Å². The number of sulfone groups is 1. The average molecular weight is 379 g/mol. The molecule has 2 rings (SSSR count). The van der Waals surface area contributed by atoms with Gasteiger partial charge in [0, 0.05) is 13.1 Å². The van der Waals surface area contributed by atoms with Gasteiger partial charge in [-0.3, -0.25) is 9.59 Å². The zero-order chi connectivity index (χ0) is 17.2. The fraction of sp³-hybridized carbons (Fsp3) is 0.429. The maximum Gasteiger partial charge on any atom is 0.233 e. The van der Waals surface area contributed by atoms with E-state index in [1.807, 2.05) is 0 Å². The van der Waals surface area contributed by atoms with Gasteiger partial charge in [-0.05, 0) is 18.6 Å². The van der Waals surface area contributed by atoms with Gasteiger partial charge in [0.05, 0.1) is 27.2 Å². The van der Waals surface area contributed by atoms with Crippen LogP contribution in [-0.2, 0) is 19.4 Å². The number of nitrogens with one attached hydrogen (secondary N) is 1. The predicted molar refractivity (Wildman–Crippen MR) is 89.5 cm³/mol. The molecular weight excluding hydrogens is 363 g/mol. The van der Waals surface area contributed by atoms with Crippen LogP contribution in [0.15, 0.2) is 18.2 Å². The van der Waals surface area contributed by atoms with Gasteiger partial charge >= 0.3 is 0 Å². The summed E-state index contributed by atoms with van der Waals surface area (Å²) in [5.74, 6) is -0.967. The third-order valence-corrected chi connectivity index (χ3v) is 6.26. The van der Waals surface area contributed by atoms with Crippen molar-refractivity contribution in [2.75, 3.05) is 23.9 Å². The molecule has 1 N–H and O–H groups in total. The van der Waals surface area contributed by atoms with E-state index < -0.39 is 28.1 Å². The molecule has 1 saturated heterocycles. The molecule has 2 amide bonds. The van der Waals surface area contributed by atoms with Gasteiger partial charge in [-0.15, -0.1) is 0 Å². The minimum atomic E-state index is -3.09. The van der Waals surface area contributed by atoms with Crippen molar-refractivity contribution in [2.45, 2.75) is 18.9 Å². The zero-order valence-corrected chi connectivity index (χ0v) is 14.7. The first kappa shape index (κ1) is 18.0. The smallest absolute Gasteiger partial charge is 0.233 e. The van der Waals surface area contributed by atoms with E-state index in [9.17, 15) is 18.0 Å². The second-order valence-electron chi connectivity index (χ2n) is 5.39. The minimum absolute atomic E-state index is 0.0586. The summed E-state index contributed by atoms with van der Waals surface area (Å²) < 4.78 is 22.9. The maximum atomic E-state index is 12.1. The van der Waals surface area contributed by atoms with Gasteiger partial charge in [0.15, 0.2) is 9.84 Å². The molecule has 0 spiro atoms. The minimum Gasteiger partial charge on any atom is -0.341 e. The molecule has 0 aliphatic carbocycles. The fourth-order valence-corrected chi connectivity index (χ4v) is 4.46. The van der Waals surface area contributed by atoms with Gasteiger partial charge in [0.1, 0.15) is 6.42 Å². The number of anilines is 1. The Bertz CT molecular complexity index is 736. The molecule has 1 aliphatic heterocycles. The number of rotatable bonds is 4. The lowest BCUT2D eigenvalue weighted by Crippen LogP contribution is -2.39. The van der Waals surface area contributed by atoms with Gasteiger partial charge in [-0.1, -0.05) is 29.3 Å². The Morgan fingerprint density at radius 1 is 1.35 bits per heavy atom. The van der Waals surface area contributed by atoms with Crippen molar-refractivity contribution in [3.8, 4) is 0 Å². The molecule has 0 radical (unpaired) electrons. The molecule has 0 aromatic heterocycles.